The molecule has 104 valence electrons. The fourth-order valence-corrected chi connectivity index (χ4v) is 2.46. The third-order valence-electron chi connectivity index (χ3n) is 3.00. The first kappa shape index (κ1) is 14.3. The number of esters is 1. The van der Waals surface area contributed by atoms with Crippen LogP contribution in [0.15, 0.2) is 24.3 Å². The van der Waals surface area contributed by atoms with Gasteiger partial charge in [-0.1, -0.05) is 29.8 Å². The quantitative estimate of drug-likeness (QED) is 0.783. The molecule has 1 aromatic rings. The van der Waals surface area contributed by atoms with Crippen molar-refractivity contribution in [1.29, 1.82) is 0 Å². The number of hydrogen-bond donors (Lipinski definition) is 0. The fraction of sp³-hybridized carbons (Fsp3) is 0.500. The zero-order valence-corrected chi connectivity index (χ0v) is 11.9. The lowest BCUT2D eigenvalue weighted by atomic mass is 10.0. The molecule has 0 unspecified atom stereocenters. The van der Waals surface area contributed by atoms with Gasteiger partial charge in [0, 0.05) is 11.4 Å². The molecule has 0 aromatic heterocycles. The van der Waals surface area contributed by atoms with Crippen LogP contribution in [-0.4, -0.2) is 25.0 Å². The molecule has 0 radical (unpaired) electrons. The second kappa shape index (κ2) is 5.49. The Morgan fingerprint density at radius 1 is 1.37 bits per heavy atom. The minimum Gasteiger partial charge on any atom is -0.467 e. The fourth-order valence-electron chi connectivity index (χ4n) is 2.21. The van der Waals surface area contributed by atoms with Crippen molar-refractivity contribution >= 4 is 17.6 Å². The molecule has 1 aliphatic rings. The Balaban J connectivity index is 2.26. The van der Waals surface area contributed by atoms with Gasteiger partial charge in [-0.3, -0.25) is 0 Å². The van der Waals surface area contributed by atoms with Gasteiger partial charge >= 0.3 is 5.97 Å². The number of carbonyl (C=O) groups is 1. The molecule has 1 saturated heterocycles. The maximum absolute atomic E-state index is 11.7. The first-order valence-corrected chi connectivity index (χ1v) is 6.48. The van der Waals surface area contributed by atoms with Gasteiger partial charge in [-0.2, -0.15) is 0 Å². The summed E-state index contributed by atoms with van der Waals surface area (Å²) in [6.45, 7) is 3.54. The standard InChI is InChI=1S/C14H17ClO4/c1-14(2)18-11(8-12(19-14)13(16)17-3)9-6-4-5-7-10(9)15/h4-7,11-12H,8H2,1-3H3/t11-,12+/m1/s1. The number of carbonyl (C=O) groups excluding carboxylic acids is 1. The summed E-state index contributed by atoms with van der Waals surface area (Å²) >= 11 is 6.17. The smallest absolute Gasteiger partial charge is 0.335 e. The largest absolute Gasteiger partial charge is 0.467 e. The molecule has 19 heavy (non-hydrogen) atoms. The summed E-state index contributed by atoms with van der Waals surface area (Å²) < 4.78 is 16.2. The zero-order valence-electron chi connectivity index (χ0n) is 11.2. The monoisotopic (exact) mass is 284 g/mol. The van der Waals surface area contributed by atoms with Crippen molar-refractivity contribution < 1.29 is 19.0 Å². The summed E-state index contributed by atoms with van der Waals surface area (Å²) in [5.74, 6) is -1.26. The number of benzene rings is 1. The third kappa shape index (κ3) is 3.26. The van der Waals surface area contributed by atoms with Crippen molar-refractivity contribution in [3.63, 3.8) is 0 Å². The Kier molecular flexibility index (Phi) is 4.13. The highest BCUT2D eigenvalue weighted by Crippen LogP contribution is 2.38. The van der Waals surface area contributed by atoms with E-state index in [-0.39, 0.29) is 6.10 Å². The number of hydrogen-bond acceptors (Lipinski definition) is 4. The van der Waals surface area contributed by atoms with Gasteiger partial charge in [0.25, 0.3) is 0 Å². The van der Waals surface area contributed by atoms with E-state index in [1.807, 2.05) is 18.2 Å². The first-order chi connectivity index (χ1) is 8.93. The van der Waals surface area contributed by atoms with Crippen LogP contribution >= 0.6 is 11.6 Å². The van der Waals surface area contributed by atoms with Crippen LogP contribution < -0.4 is 0 Å². The molecule has 1 heterocycles. The molecule has 5 heteroatoms. The lowest BCUT2D eigenvalue weighted by molar-refractivity contribution is -0.299. The van der Waals surface area contributed by atoms with Gasteiger partial charge in [-0.25, -0.2) is 4.79 Å². The molecule has 0 spiro atoms. The zero-order chi connectivity index (χ0) is 14.0. The van der Waals surface area contributed by atoms with E-state index in [0.717, 1.165) is 5.56 Å². The van der Waals surface area contributed by atoms with Gasteiger partial charge < -0.3 is 14.2 Å². The third-order valence-corrected chi connectivity index (χ3v) is 3.34. The number of rotatable bonds is 2. The predicted molar refractivity (Wildman–Crippen MR) is 70.9 cm³/mol. The van der Waals surface area contributed by atoms with Crippen LogP contribution in [0.5, 0.6) is 0 Å². The van der Waals surface area contributed by atoms with E-state index >= 15 is 0 Å². The van der Waals surface area contributed by atoms with Crippen LogP contribution in [-0.2, 0) is 19.0 Å². The van der Waals surface area contributed by atoms with Crippen molar-refractivity contribution in [2.75, 3.05) is 7.11 Å². The van der Waals surface area contributed by atoms with Crippen LogP contribution in [0.2, 0.25) is 5.02 Å². The summed E-state index contributed by atoms with van der Waals surface area (Å²) in [5, 5.41) is 0.619. The molecule has 1 aliphatic heterocycles. The lowest BCUT2D eigenvalue weighted by Crippen LogP contribution is -2.45. The van der Waals surface area contributed by atoms with Crippen molar-refractivity contribution in [2.45, 2.75) is 38.3 Å². The van der Waals surface area contributed by atoms with Gasteiger partial charge in [0.15, 0.2) is 11.9 Å². The average Bonchev–Trinajstić information content (AvgIpc) is 2.36. The molecule has 0 saturated carbocycles. The van der Waals surface area contributed by atoms with Crippen LogP contribution in [0.25, 0.3) is 0 Å². The van der Waals surface area contributed by atoms with E-state index in [9.17, 15) is 4.79 Å². The highest BCUT2D eigenvalue weighted by molar-refractivity contribution is 6.31. The topological polar surface area (TPSA) is 44.8 Å². The van der Waals surface area contributed by atoms with Crippen molar-refractivity contribution in [1.82, 2.24) is 0 Å². The van der Waals surface area contributed by atoms with Crippen LogP contribution in [0.3, 0.4) is 0 Å². The van der Waals surface area contributed by atoms with E-state index in [0.29, 0.717) is 11.4 Å². The molecule has 0 amide bonds. The van der Waals surface area contributed by atoms with Crippen molar-refractivity contribution in [3.8, 4) is 0 Å². The van der Waals surface area contributed by atoms with Gasteiger partial charge in [0.05, 0.1) is 13.2 Å². The second-order valence-corrected chi connectivity index (χ2v) is 5.30. The van der Waals surface area contributed by atoms with E-state index < -0.39 is 17.9 Å². The predicted octanol–water partition coefficient (Wildman–Crippen LogP) is 3.10. The Bertz CT molecular complexity index is 472. The van der Waals surface area contributed by atoms with Crippen molar-refractivity contribution in [2.24, 2.45) is 0 Å². The van der Waals surface area contributed by atoms with E-state index in [4.69, 9.17) is 25.8 Å². The molecule has 1 aromatic carbocycles. The molecule has 1 fully saturated rings. The SMILES string of the molecule is COC(=O)[C@@H]1C[C@H](c2ccccc2Cl)OC(C)(C)O1. The minimum atomic E-state index is -0.860. The molecule has 2 atom stereocenters. The van der Waals surface area contributed by atoms with Crippen molar-refractivity contribution in [3.05, 3.63) is 34.9 Å². The summed E-state index contributed by atoms with van der Waals surface area (Å²) in [6, 6.07) is 7.44. The summed E-state index contributed by atoms with van der Waals surface area (Å²) in [6.07, 6.45) is -0.545. The Morgan fingerprint density at radius 2 is 2.05 bits per heavy atom. The van der Waals surface area contributed by atoms with E-state index in [2.05, 4.69) is 0 Å². The Morgan fingerprint density at radius 3 is 2.68 bits per heavy atom. The molecule has 0 aliphatic carbocycles. The number of ether oxygens (including phenoxy) is 3. The normalized spacial score (nSPS) is 25.9. The van der Waals surface area contributed by atoms with Gasteiger partial charge in [-0.15, -0.1) is 0 Å². The minimum absolute atomic E-state index is 0.290. The highest BCUT2D eigenvalue weighted by Gasteiger charge is 2.40. The number of halogens is 1. The molecular formula is C14H17ClO4. The van der Waals surface area contributed by atoms with E-state index in [1.54, 1.807) is 19.9 Å². The summed E-state index contributed by atoms with van der Waals surface area (Å²) in [5.41, 5.74) is 0.856. The van der Waals surface area contributed by atoms with Gasteiger partial charge in [-0.05, 0) is 25.5 Å². The van der Waals surface area contributed by atoms with Gasteiger partial charge in [0.2, 0.25) is 0 Å². The lowest BCUT2D eigenvalue weighted by Gasteiger charge is -2.39. The Labute approximate surface area is 117 Å². The maximum atomic E-state index is 11.7. The second-order valence-electron chi connectivity index (χ2n) is 4.89. The molecular weight excluding hydrogens is 268 g/mol. The molecule has 0 bridgehead atoms. The first-order valence-electron chi connectivity index (χ1n) is 6.11. The maximum Gasteiger partial charge on any atom is 0.335 e. The van der Waals surface area contributed by atoms with E-state index in [1.165, 1.54) is 7.11 Å². The molecule has 0 N–H and O–H groups in total. The van der Waals surface area contributed by atoms with Crippen LogP contribution in [0.4, 0.5) is 0 Å². The van der Waals surface area contributed by atoms with Gasteiger partial charge in [0.1, 0.15) is 0 Å². The molecule has 2 rings (SSSR count). The Hall–Kier alpha value is -1.10. The number of methoxy groups -OCH3 is 1. The summed E-state index contributed by atoms with van der Waals surface area (Å²) in [4.78, 5) is 11.7. The highest BCUT2D eigenvalue weighted by atomic mass is 35.5. The summed E-state index contributed by atoms with van der Waals surface area (Å²) in [7, 11) is 1.35. The average molecular weight is 285 g/mol. The van der Waals surface area contributed by atoms with Crippen LogP contribution in [0, 0.1) is 0 Å². The van der Waals surface area contributed by atoms with Crippen LogP contribution in [0.1, 0.15) is 31.9 Å². The molecule has 4 nitrogen and oxygen atoms in total.